The molecular formula is C21H20ClFN4O. The number of amides is 1. The van der Waals surface area contributed by atoms with Crippen LogP contribution in [0.1, 0.15) is 28.3 Å². The Hall–Kier alpha value is -2.99. The van der Waals surface area contributed by atoms with Crippen molar-refractivity contribution in [2.24, 2.45) is 0 Å². The fourth-order valence-corrected chi connectivity index (χ4v) is 2.88. The number of halogens is 2. The minimum absolute atomic E-state index is 0.00663. The molecule has 3 rings (SSSR count). The van der Waals surface area contributed by atoms with E-state index >= 15 is 0 Å². The Morgan fingerprint density at radius 3 is 2.64 bits per heavy atom. The van der Waals surface area contributed by atoms with Crippen LogP contribution in [0.4, 0.5) is 15.9 Å². The zero-order chi connectivity index (χ0) is 19.9. The molecule has 7 heteroatoms. The van der Waals surface area contributed by atoms with Crippen molar-refractivity contribution in [1.29, 1.82) is 0 Å². The third kappa shape index (κ3) is 5.50. The largest absolute Gasteiger partial charge is 0.351 e. The zero-order valence-electron chi connectivity index (χ0n) is 15.4. The van der Waals surface area contributed by atoms with Crippen LogP contribution in [0, 0.1) is 12.7 Å². The normalized spacial score (nSPS) is 10.5. The molecule has 0 aliphatic carbocycles. The van der Waals surface area contributed by atoms with Crippen LogP contribution >= 0.6 is 11.6 Å². The van der Waals surface area contributed by atoms with E-state index in [1.54, 1.807) is 19.1 Å². The molecule has 2 aromatic carbocycles. The summed E-state index contributed by atoms with van der Waals surface area (Å²) >= 11 is 5.80. The second-order valence-electron chi connectivity index (χ2n) is 6.28. The van der Waals surface area contributed by atoms with E-state index in [9.17, 15) is 9.18 Å². The first-order valence-electron chi connectivity index (χ1n) is 8.91. The molecule has 0 radical (unpaired) electrons. The summed E-state index contributed by atoms with van der Waals surface area (Å²) in [5.41, 5.74) is 2.07. The SMILES string of the molecule is Cc1nc(Nc2ccc(F)c(Cl)c2)cc(C(=O)NCCCc2ccccc2)n1. The highest BCUT2D eigenvalue weighted by Crippen LogP contribution is 2.22. The second kappa shape index (κ2) is 9.28. The third-order valence-electron chi connectivity index (χ3n) is 4.03. The molecule has 0 aliphatic rings. The van der Waals surface area contributed by atoms with Gasteiger partial charge in [0.1, 0.15) is 23.2 Å². The van der Waals surface area contributed by atoms with E-state index in [4.69, 9.17) is 11.6 Å². The van der Waals surface area contributed by atoms with Crippen molar-refractivity contribution in [2.75, 3.05) is 11.9 Å². The summed E-state index contributed by atoms with van der Waals surface area (Å²) in [7, 11) is 0. The molecule has 0 fully saturated rings. The van der Waals surface area contributed by atoms with Gasteiger partial charge in [-0.1, -0.05) is 41.9 Å². The van der Waals surface area contributed by atoms with E-state index in [0.717, 1.165) is 12.8 Å². The Bertz CT molecular complexity index is 966. The average molecular weight is 399 g/mol. The number of carbonyl (C=O) groups excluding carboxylic acids is 1. The van der Waals surface area contributed by atoms with Crippen molar-refractivity contribution in [3.05, 3.63) is 82.5 Å². The molecule has 3 aromatic rings. The first-order valence-corrected chi connectivity index (χ1v) is 9.29. The number of nitrogens with one attached hydrogen (secondary N) is 2. The lowest BCUT2D eigenvalue weighted by atomic mass is 10.1. The van der Waals surface area contributed by atoms with Crippen molar-refractivity contribution in [2.45, 2.75) is 19.8 Å². The quantitative estimate of drug-likeness (QED) is 0.567. The van der Waals surface area contributed by atoms with Crippen LogP contribution in [-0.2, 0) is 6.42 Å². The van der Waals surface area contributed by atoms with Crippen LogP contribution in [0.2, 0.25) is 5.02 Å². The molecule has 0 spiro atoms. The average Bonchev–Trinajstić information content (AvgIpc) is 2.68. The van der Waals surface area contributed by atoms with Gasteiger partial charge in [-0.2, -0.15) is 0 Å². The molecule has 1 aromatic heterocycles. The second-order valence-corrected chi connectivity index (χ2v) is 6.69. The molecule has 0 aliphatic heterocycles. The summed E-state index contributed by atoms with van der Waals surface area (Å²) in [4.78, 5) is 20.9. The molecule has 1 amide bonds. The third-order valence-corrected chi connectivity index (χ3v) is 4.32. The van der Waals surface area contributed by atoms with Gasteiger partial charge in [-0.25, -0.2) is 14.4 Å². The lowest BCUT2D eigenvalue weighted by molar-refractivity contribution is 0.0948. The number of hydrogen-bond donors (Lipinski definition) is 2. The summed E-state index contributed by atoms with van der Waals surface area (Å²) in [5.74, 6) is 0.123. The van der Waals surface area contributed by atoms with Gasteiger partial charge >= 0.3 is 0 Å². The fraction of sp³-hybridized carbons (Fsp3) is 0.190. The van der Waals surface area contributed by atoms with Crippen LogP contribution in [0.3, 0.4) is 0 Å². The van der Waals surface area contributed by atoms with Gasteiger partial charge in [0.05, 0.1) is 5.02 Å². The number of rotatable bonds is 7. The van der Waals surface area contributed by atoms with Crippen LogP contribution in [0.25, 0.3) is 0 Å². The van der Waals surface area contributed by atoms with E-state index in [1.807, 2.05) is 18.2 Å². The standard InChI is InChI=1S/C21H20ClFN4O/c1-14-25-19(21(28)24-11-5-8-15-6-3-2-4-7-15)13-20(26-14)27-16-9-10-18(23)17(22)12-16/h2-4,6-7,9-10,12-13H,5,8,11H2,1H3,(H,24,28)(H,25,26,27). The summed E-state index contributed by atoms with van der Waals surface area (Å²) in [6, 6.07) is 15.9. The number of aromatic nitrogens is 2. The van der Waals surface area contributed by atoms with Gasteiger partial charge in [0.25, 0.3) is 5.91 Å². The van der Waals surface area contributed by atoms with Gasteiger partial charge in [-0.15, -0.1) is 0 Å². The first kappa shape index (κ1) is 19.8. The summed E-state index contributed by atoms with van der Waals surface area (Å²) in [6.07, 6.45) is 1.72. The Morgan fingerprint density at radius 2 is 1.89 bits per heavy atom. The van der Waals surface area contributed by atoms with E-state index in [0.29, 0.717) is 23.9 Å². The zero-order valence-corrected chi connectivity index (χ0v) is 16.1. The highest BCUT2D eigenvalue weighted by atomic mass is 35.5. The number of aryl methyl sites for hydroxylation is 2. The van der Waals surface area contributed by atoms with Crippen molar-refractivity contribution < 1.29 is 9.18 Å². The van der Waals surface area contributed by atoms with Gasteiger partial charge in [0.15, 0.2) is 0 Å². The van der Waals surface area contributed by atoms with Gasteiger partial charge in [0, 0.05) is 18.3 Å². The maximum atomic E-state index is 13.3. The number of anilines is 2. The highest BCUT2D eigenvalue weighted by Gasteiger charge is 2.11. The molecule has 28 heavy (non-hydrogen) atoms. The summed E-state index contributed by atoms with van der Waals surface area (Å²) < 4.78 is 13.3. The van der Waals surface area contributed by atoms with Crippen molar-refractivity contribution in [1.82, 2.24) is 15.3 Å². The van der Waals surface area contributed by atoms with Crippen LogP contribution in [0.5, 0.6) is 0 Å². The van der Waals surface area contributed by atoms with Gasteiger partial charge in [-0.3, -0.25) is 4.79 Å². The molecule has 0 bridgehead atoms. The minimum Gasteiger partial charge on any atom is -0.351 e. The van der Waals surface area contributed by atoms with E-state index in [-0.39, 0.29) is 16.6 Å². The molecule has 0 saturated carbocycles. The van der Waals surface area contributed by atoms with Gasteiger partial charge in [-0.05, 0) is 43.5 Å². The smallest absolute Gasteiger partial charge is 0.270 e. The topological polar surface area (TPSA) is 66.9 Å². The maximum Gasteiger partial charge on any atom is 0.270 e. The van der Waals surface area contributed by atoms with Crippen molar-refractivity contribution >= 4 is 29.0 Å². The number of benzene rings is 2. The molecule has 2 N–H and O–H groups in total. The van der Waals surface area contributed by atoms with E-state index in [2.05, 4.69) is 32.7 Å². The Morgan fingerprint density at radius 1 is 1.11 bits per heavy atom. The molecule has 0 saturated heterocycles. The van der Waals surface area contributed by atoms with E-state index in [1.165, 1.54) is 17.7 Å². The fourth-order valence-electron chi connectivity index (χ4n) is 2.70. The predicted molar refractivity (Wildman–Crippen MR) is 109 cm³/mol. The Kier molecular flexibility index (Phi) is 6.55. The number of nitrogens with zero attached hydrogens (tertiary/aromatic N) is 2. The van der Waals surface area contributed by atoms with Gasteiger partial charge < -0.3 is 10.6 Å². The molecular weight excluding hydrogens is 379 g/mol. The highest BCUT2D eigenvalue weighted by molar-refractivity contribution is 6.31. The van der Waals surface area contributed by atoms with E-state index < -0.39 is 5.82 Å². The predicted octanol–water partition coefficient (Wildman–Crippen LogP) is 4.68. The Balaban J connectivity index is 1.60. The molecule has 0 atom stereocenters. The number of carbonyl (C=O) groups is 1. The lowest BCUT2D eigenvalue weighted by Gasteiger charge is -2.10. The van der Waals surface area contributed by atoms with Crippen LogP contribution in [-0.4, -0.2) is 22.4 Å². The van der Waals surface area contributed by atoms with Crippen molar-refractivity contribution in [3.8, 4) is 0 Å². The van der Waals surface area contributed by atoms with Crippen molar-refractivity contribution in [3.63, 3.8) is 0 Å². The molecule has 1 heterocycles. The summed E-state index contributed by atoms with van der Waals surface area (Å²) in [5, 5.41) is 5.90. The minimum atomic E-state index is -0.498. The monoisotopic (exact) mass is 398 g/mol. The molecule has 144 valence electrons. The maximum absolute atomic E-state index is 13.3. The molecule has 5 nitrogen and oxygen atoms in total. The molecule has 0 unspecified atom stereocenters. The summed E-state index contributed by atoms with van der Waals surface area (Å²) in [6.45, 7) is 2.25. The first-order chi connectivity index (χ1) is 13.5. The Labute approximate surface area is 168 Å². The lowest BCUT2D eigenvalue weighted by Crippen LogP contribution is -2.26. The number of hydrogen-bond acceptors (Lipinski definition) is 4. The van der Waals surface area contributed by atoms with Gasteiger partial charge in [0.2, 0.25) is 0 Å². The van der Waals surface area contributed by atoms with Crippen LogP contribution < -0.4 is 10.6 Å². The van der Waals surface area contributed by atoms with Crippen LogP contribution in [0.15, 0.2) is 54.6 Å².